The van der Waals surface area contributed by atoms with Crippen LogP contribution in [0.5, 0.6) is 0 Å². The van der Waals surface area contributed by atoms with Gasteiger partial charge in [-0.25, -0.2) is 0 Å². The molecule has 2 atom stereocenters. The summed E-state index contributed by atoms with van der Waals surface area (Å²) in [5, 5.41) is 0. The molecule has 0 radical (unpaired) electrons. The van der Waals surface area contributed by atoms with E-state index in [4.69, 9.17) is 0 Å². The van der Waals surface area contributed by atoms with Crippen molar-refractivity contribution in [2.75, 3.05) is 62.7 Å². The van der Waals surface area contributed by atoms with Crippen molar-refractivity contribution >= 4 is 42.1 Å². The van der Waals surface area contributed by atoms with Crippen molar-refractivity contribution in [3.05, 3.63) is 60.2 Å². The maximum Gasteiger partial charge on any atom is 0.245 e. The predicted octanol–water partition coefficient (Wildman–Crippen LogP) is 3.88. The number of likely N-dealkylation sites (N-methyl/N-ethyl adjacent to an activating group) is 1. The molecule has 5 rings (SSSR count). The number of benzene rings is 2. The number of halogens is 2. The smallest absolute Gasteiger partial charge is 0.245 e. The number of piperidine rings is 1. The number of anilines is 2. The maximum atomic E-state index is 13.2. The van der Waals surface area contributed by atoms with Crippen molar-refractivity contribution in [1.29, 1.82) is 0 Å². The number of nitrogens with zero attached hydrogens (tertiary/aromatic N) is 4. The van der Waals surface area contributed by atoms with Crippen LogP contribution in [0.4, 0.5) is 11.4 Å². The predicted molar refractivity (Wildman–Crippen MR) is 137 cm³/mol. The van der Waals surface area contributed by atoms with Crippen molar-refractivity contribution in [2.45, 2.75) is 24.8 Å². The molecular formula is C25H34Cl2N4O. The Morgan fingerprint density at radius 1 is 0.844 bits per heavy atom. The van der Waals surface area contributed by atoms with E-state index in [-0.39, 0.29) is 30.9 Å². The Morgan fingerprint density at radius 2 is 1.53 bits per heavy atom. The molecule has 174 valence electrons. The van der Waals surface area contributed by atoms with Crippen LogP contribution < -0.4 is 9.80 Å². The first-order valence-corrected chi connectivity index (χ1v) is 11.4. The highest BCUT2D eigenvalue weighted by Crippen LogP contribution is 2.44. The van der Waals surface area contributed by atoms with Gasteiger partial charge in [-0.1, -0.05) is 36.4 Å². The van der Waals surface area contributed by atoms with E-state index >= 15 is 0 Å². The van der Waals surface area contributed by atoms with E-state index < -0.39 is 0 Å². The zero-order valence-corrected chi connectivity index (χ0v) is 20.4. The number of likely N-dealkylation sites (tertiary alicyclic amines) is 1. The molecule has 0 saturated carbocycles. The fourth-order valence-corrected chi connectivity index (χ4v) is 5.53. The van der Waals surface area contributed by atoms with Crippen molar-refractivity contribution in [3.63, 3.8) is 0 Å². The van der Waals surface area contributed by atoms with Gasteiger partial charge in [0.1, 0.15) is 6.04 Å². The van der Waals surface area contributed by atoms with E-state index in [2.05, 4.69) is 81.2 Å². The number of hydrogen-bond donors (Lipinski definition) is 0. The highest BCUT2D eigenvalue weighted by atomic mass is 35.5. The van der Waals surface area contributed by atoms with Gasteiger partial charge in [-0.2, -0.15) is 0 Å². The normalized spacial score (nSPS) is 22.7. The highest BCUT2D eigenvalue weighted by Gasteiger charge is 2.45. The SMILES string of the molecule is CN1c2ccccc2C2CCN(CCCN3CCN(c4ccccc4)CC3)C(=O)C21.Cl.Cl. The molecule has 7 heteroatoms. The number of hydrogen-bond acceptors (Lipinski definition) is 4. The summed E-state index contributed by atoms with van der Waals surface area (Å²) in [4.78, 5) is 22.6. The van der Waals surface area contributed by atoms with E-state index in [1.807, 2.05) is 0 Å². The van der Waals surface area contributed by atoms with E-state index in [0.29, 0.717) is 11.8 Å². The van der Waals surface area contributed by atoms with Gasteiger partial charge in [-0.05, 0) is 43.1 Å². The lowest BCUT2D eigenvalue weighted by Gasteiger charge is -2.38. The highest BCUT2D eigenvalue weighted by molar-refractivity contribution is 5.90. The summed E-state index contributed by atoms with van der Waals surface area (Å²) in [6.45, 7) is 7.22. The summed E-state index contributed by atoms with van der Waals surface area (Å²) in [5.74, 6) is 0.680. The van der Waals surface area contributed by atoms with Gasteiger partial charge in [0.2, 0.25) is 5.91 Å². The number of carbonyl (C=O) groups excluding carboxylic acids is 1. The molecule has 32 heavy (non-hydrogen) atoms. The summed E-state index contributed by atoms with van der Waals surface area (Å²) in [6, 6.07) is 19.2. The van der Waals surface area contributed by atoms with Crippen LogP contribution in [0.1, 0.15) is 24.3 Å². The molecule has 5 nitrogen and oxygen atoms in total. The zero-order valence-electron chi connectivity index (χ0n) is 18.7. The van der Waals surface area contributed by atoms with Gasteiger partial charge >= 0.3 is 0 Å². The first-order chi connectivity index (χ1) is 14.7. The molecule has 2 saturated heterocycles. The van der Waals surface area contributed by atoms with Gasteiger partial charge in [0.25, 0.3) is 0 Å². The van der Waals surface area contributed by atoms with E-state index in [1.165, 1.54) is 16.9 Å². The van der Waals surface area contributed by atoms with Gasteiger partial charge in [-0.3, -0.25) is 9.69 Å². The molecule has 3 aliphatic heterocycles. The van der Waals surface area contributed by atoms with Gasteiger partial charge in [0.05, 0.1) is 0 Å². The minimum Gasteiger partial charge on any atom is -0.369 e. The largest absolute Gasteiger partial charge is 0.369 e. The summed E-state index contributed by atoms with van der Waals surface area (Å²) < 4.78 is 0. The molecule has 2 fully saturated rings. The van der Waals surface area contributed by atoms with Crippen LogP contribution >= 0.6 is 24.8 Å². The topological polar surface area (TPSA) is 30.0 Å². The molecular weight excluding hydrogens is 443 g/mol. The summed E-state index contributed by atoms with van der Waals surface area (Å²) >= 11 is 0. The fraction of sp³-hybridized carbons (Fsp3) is 0.480. The van der Waals surface area contributed by atoms with Crippen LogP contribution in [-0.4, -0.2) is 74.6 Å². The third-order valence-corrected chi connectivity index (χ3v) is 7.19. The average Bonchev–Trinajstić information content (AvgIpc) is 3.09. The van der Waals surface area contributed by atoms with Crippen LogP contribution in [0.25, 0.3) is 0 Å². The first-order valence-electron chi connectivity index (χ1n) is 11.4. The summed E-state index contributed by atoms with van der Waals surface area (Å²) in [6.07, 6.45) is 2.14. The lowest BCUT2D eigenvalue weighted by molar-refractivity contribution is -0.135. The molecule has 2 aromatic rings. The minimum absolute atomic E-state index is 0. The third-order valence-electron chi connectivity index (χ3n) is 7.19. The lowest BCUT2D eigenvalue weighted by atomic mass is 9.87. The number of piperazine rings is 1. The Labute approximate surface area is 204 Å². The van der Waals surface area contributed by atoms with E-state index in [0.717, 1.165) is 58.7 Å². The van der Waals surface area contributed by atoms with Crippen LogP contribution in [0.3, 0.4) is 0 Å². The van der Waals surface area contributed by atoms with Crippen molar-refractivity contribution in [2.24, 2.45) is 0 Å². The Balaban J connectivity index is 0.00000144. The number of amides is 1. The summed E-state index contributed by atoms with van der Waals surface area (Å²) in [7, 11) is 2.08. The maximum absolute atomic E-state index is 13.2. The Hall–Kier alpha value is -1.95. The second-order valence-electron chi connectivity index (χ2n) is 8.85. The number of carbonyl (C=O) groups is 1. The second-order valence-corrected chi connectivity index (χ2v) is 8.85. The molecule has 3 heterocycles. The molecule has 1 amide bonds. The first kappa shape index (κ1) is 24.7. The molecule has 2 unspecified atom stereocenters. The molecule has 3 aliphatic rings. The van der Waals surface area contributed by atoms with Crippen molar-refractivity contribution in [3.8, 4) is 0 Å². The van der Waals surface area contributed by atoms with Gasteiger partial charge in [0.15, 0.2) is 0 Å². The lowest BCUT2D eigenvalue weighted by Crippen LogP contribution is -2.53. The quantitative estimate of drug-likeness (QED) is 0.654. The third kappa shape index (κ3) is 4.70. The van der Waals surface area contributed by atoms with Crippen LogP contribution in [0.2, 0.25) is 0 Å². The number of para-hydroxylation sites is 2. The summed E-state index contributed by atoms with van der Waals surface area (Å²) in [5.41, 5.74) is 3.92. The van der Waals surface area contributed by atoms with E-state index in [9.17, 15) is 4.79 Å². The van der Waals surface area contributed by atoms with Crippen molar-refractivity contribution in [1.82, 2.24) is 9.80 Å². The van der Waals surface area contributed by atoms with Crippen LogP contribution in [0.15, 0.2) is 54.6 Å². The Morgan fingerprint density at radius 3 is 2.28 bits per heavy atom. The molecule has 0 spiro atoms. The van der Waals surface area contributed by atoms with Crippen molar-refractivity contribution < 1.29 is 4.79 Å². The second kappa shape index (κ2) is 10.8. The Kier molecular flexibility index (Phi) is 8.32. The minimum atomic E-state index is -0.00873. The Bertz CT molecular complexity index is 889. The number of fused-ring (bicyclic) bond motifs is 3. The van der Waals surface area contributed by atoms with E-state index in [1.54, 1.807) is 0 Å². The molecule has 0 aromatic heterocycles. The van der Waals surface area contributed by atoms with Gasteiger partial charge in [0, 0.05) is 63.6 Å². The molecule has 2 aromatic carbocycles. The monoisotopic (exact) mass is 476 g/mol. The molecule has 0 bridgehead atoms. The van der Waals surface area contributed by atoms with Crippen LogP contribution in [0, 0.1) is 0 Å². The molecule has 0 N–H and O–H groups in total. The van der Waals surface area contributed by atoms with Gasteiger partial charge in [-0.15, -0.1) is 24.8 Å². The standard InChI is InChI=1S/C25H32N4O.2ClH/c1-26-23-11-6-5-10-21(23)22-12-15-29(25(30)24(22)26)14-7-13-27-16-18-28(19-17-27)20-8-3-2-4-9-20;;/h2-6,8-11,22,24H,7,12-19H2,1H3;2*1H. The zero-order chi connectivity index (χ0) is 20.5. The fourth-order valence-electron chi connectivity index (χ4n) is 5.53. The van der Waals surface area contributed by atoms with Crippen LogP contribution in [-0.2, 0) is 4.79 Å². The number of rotatable bonds is 5. The average molecular weight is 477 g/mol. The molecule has 0 aliphatic carbocycles. The van der Waals surface area contributed by atoms with Gasteiger partial charge < -0.3 is 14.7 Å².